The van der Waals surface area contributed by atoms with E-state index in [1.54, 1.807) is 4.90 Å². The molecular weight excluding hydrogens is 294 g/mol. The average Bonchev–Trinajstić information content (AvgIpc) is 3.17. The standard InChI is InChI=1S/C17H19N3O3/c21-16-14-13(10-20(16)9-12-7-4-8-23-12)18-17(22)19-15(14)11-5-2-1-3-6-11/h1-3,5-6,12,15H,4,7-10H2,(H2,18,19,22)/t12-,15-/m1/s1. The molecule has 3 amide bonds. The smallest absolute Gasteiger partial charge is 0.319 e. The van der Waals surface area contributed by atoms with Gasteiger partial charge in [0.15, 0.2) is 0 Å². The number of hydrogen-bond acceptors (Lipinski definition) is 3. The molecule has 2 atom stereocenters. The van der Waals surface area contributed by atoms with E-state index in [-0.39, 0.29) is 24.1 Å². The van der Waals surface area contributed by atoms with Crippen LogP contribution in [0, 0.1) is 0 Å². The Hall–Kier alpha value is -2.34. The zero-order valence-electron chi connectivity index (χ0n) is 12.7. The molecule has 1 fully saturated rings. The predicted octanol–water partition coefficient (Wildman–Crippen LogP) is 1.32. The third-order valence-corrected chi connectivity index (χ3v) is 4.60. The summed E-state index contributed by atoms with van der Waals surface area (Å²) >= 11 is 0. The van der Waals surface area contributed by atoms with Crippen molar-refractivity contribution in [3.8, 4) is 0 Å². The molecule has 6 heteroatoms. The predicted molar refractivity (Wildman–Crippen MR) is 83.4 cm³/mol. The Balaban J connectivity index is 1.59. The summed E-state index contributed by atoms with van der Waals surface area (Å²) in [6.07, 6.45) is 2.14. The molecular formula is C17H19N3O3. The van der Waals surface area contributed by atoms with Gasteiger partial charge in [-0.2, -0.15) is 0 Å². The van der Waals surface area contributed by atoms with E-state index in [1.165, 1.54) is 0 Å². The van der Waals surface area contributed by atoms with Crippen LogP contribution in [0.5, 0.6) is 0 Å². The molecule has 1 aromatic rings. The molecule has 1 aromatic carbocycles. The largest absolute Gasteiger partial charge is 0.376 e. The first-order valence-electron chi connectivity index (χ1n) is 7.99. The van der Waals surface area contributed by atoms with E-state index in [1.807, 2.05) is 30.3 Å². The normalized spacial score (nSPS) is 27.0. The number of rotatable bonds is 3. The Labute approximate surface area is 134 Å². The maximum Gasteiger partial charge on any atom is 0.319 e. The van der Waals surface area contributed by atoms with Gasteiger partial charge in [-0.15, -0.1) is 0 Å². The lowest BCUT2D eigenvalue weighted by Crippen LogP contribution is -2.44. The van der Waals surface area contributed by atoms with Crippen molar-refractivity contribution in [3.05, 3.63) is 47.2 Å². The summed E-state index contributed by atoms with van der Waals surface area (Å²) in [5.41, 5.74) is 2.28. The molecule has 1 saturated heterocycles. The zero-order valence-corrected chi connectivity index (χ0v) is 12.7. The highest BCUT2D eigenvalue weighted by molar-refractivity contribution is 6.01. The maximum absolute atomic E-state index is 12.8. The third kappa shape index (κ3) is 2.59. The van der Waals surface area contributed by atoms with Crippen LogP contribution in [0.2, 0.25) is 0 Å². The highest BCUT2D eigenvalue weighted by atomic mass is 16.5. The van der Waals surface area contributed by atoms with Crippen LogP contribution in [-0.4, -0.2) is 42.6 Å². The van der Waals surface area contributed by atoms with Gasteiger partial charge in [-0.25, -0.2) is 4.79 Å². The van der Waals surface area contributed by atoms with Gasteiger partial charge in [0, 0.05) is 13.2 Å². The van der Waals surface area contributed by atoms with Crippen molar-refractivity contribution < 1.29 is 14.3 Å². The van der Waals surface area contributed by atoms with Crippen molar-refractivity contribution in [1.29, 1.82) is 0 Å². The van der Waals surface area contributed by atoms with E-state index in [9.17, 15) is 9.59 Å². The second-order valence-corrected chi connectivity index (χ2v) is 6.16. The lowest BCUT2D eigenvalue weighted by Gasteiger charge is -2.25. The Bertz CT molecular complexity index is 665. The summed E-state index contributed by atoms with van der Waals surface area (Å²) in [5.74, 6) is -0.0168. The Morgan fingerprint density at radius 3 is 2.78 bits per heavy atom. The molecule has 2 N–H and O–H groups in total. The van der Waals surface area contributed by atoms with Crippen molar-refractivity contribution in [2.24, 2.45) is 0 Å². The fourth-order valence-electron chi connectivity index (χ4n) is 3.51. The van der Waals surface area contributed by atoms with Gasteiger partial charge in [-0.1, -0.05) is 30.3 Å². The molecule has 0 aromatic heterocycles. The van der Waals surface area contributed by atoms with Gasteiger partial charge >= 0.3 is 6.03 Å². The fraction of sp³-hybridized carbons (Fsp3) is 0.412. The van der Waals surface area contributed by atoms with Gasteiger partial charge < -0.3 is 20.3 Å². The molecule has 0 bridgehead atoms. The summed E-state index contributed by atoms with van der Waals surface area (Å²) in [6.45, 7) is 1.80. The number of carbonyl (C=O) groups excluding carboxylic acids is 2. The van der Waals surface area contributed by atoms with Gasteiger partial charge in [0.2, 0.25) is 0 Å². The topological polar surface area (TPSA) is 70.7 Å². The molecule has 6 nitrogen and oxygen atoms in total. The highest BCUT2D eigenvalue weighted by Crippen LogP contribution is 2.32. The van der Waals surface area contributed by atoms with E-state index in [0.717, 1.165) is 25.0 Å². The van der Waals surface area contributed by atoms with Gasteiger partial charge in [-0.05, 0) is 18.4 Å². The molecule has 0 spiro atoms. The molecule has 0 aliphatic carbocycles. The van der Waals surface area contributed by atoms with E-state index in [0.29, 0.717) is 24.4 Å². The van der Waals surface area contributed by atoms with Crippen molar-refractivity contribution in [1.82, 2.24) is 15.5 Å². The van der Waals surface area contributed by atoms with Crippen LogP contribution in [0.4, 0.5) is 4.79 Å². The van der Waals surface area contributed by atoms with Crippen LogP contribution in [-0.2, 0) is 9.53 Å². The van der Waals surface area contributed by atoms with Crippen molar-refractivity contribution >= 4 is 11.9 Å². The second-order valence-electron chi connectivity index (χ2n) is 6.16. The SMILES string of the molecule is O=C1NC2=C(C(=O)N(C[C@H]3CCCO3)C2)[C@@H](c2ccccc2)N1. The average molecular weight is 313 g/mol. The minimum atomic E-state index is -0.387. The fourth-order valence-corrected chi connectivity index (χ4v) is 3.51. The number of nitrogens with zero attached hydrogens (tertiary/aromatic N) is 1. The molecule has 3 aliphatic heterocycles. The summed E-state index contributed by atoms with van der Waals surface area (Å²) < 4.78 is 5.63. The van der Waals surface area contributed by atoms with E-state index >= 15 is 0 Å². The van der Waals surface area contributed by atoms with Crippen LogP contribution in [0.1, 0.15) is 24.4 Å². The van der Waals surface area contributed by atoms with E-state index in [2.05, 4.69) is 10.6 Å². The van der Waals surface area contributed by atoms with E-state index in [4.69, 9.17) is 4.74 Å². The minimum absolute atomic E-state index is 0.0168. The monoisotopic (exact) mass is 313 g/mol. The summed E-state index contributed by atoms with van der Waals surface area (Å²) in [4.78, 5) is 26.6. The molecule has 3 aliphatic rings. The number of amides is 3. The first-order valence-corrected chi connectivity index (χ1v) is 7.99. The number of urea groups is 1. The number of nitrogens with one attached hydrogen (secondary N) is 2. The van der Waals surface area contributed by atoms with Crippen molar-refractivity contribution in [2.75, 3.05) is 19.7 Å². The molecule has 3 heterocycles. The summed E-state index contributed by atoms with van der Waals surface area (Å²) in [5, 5.41) is 5.65. The maximum atomic E-state index is 12.8. The van der Waals surface area contributed by atoms with Gasteiger partial charge in [-0.3, -0.25) is 4.79 Å². The number of benzene rings is 1. The lowest BCUT2D eigenvalue weighted by atomic mass is 9.96. The van der Waals surface area contributed by atoms with Crippen LogP contribution in [0.25, 0.3) is 0 Å². The lowest BCUT2D eigenvalue weighted by molar-refractivity contribution is -0.127. The number of carbonyl (C=O) groups is 2. The van der Waals surface area contributed by atoms with Crippen LogP contribution in [0.3, 0.4) is 0 Å². The minimum Gasteiger partial charge on any atom is -0.376 e. The Morgan fingerprint density at radius 2 is 2.04 bits per heavy atom. The van der Waals surface area contributed by atoms with Crippen molar-refractivity contribution in [3.63, 3.8) is 0 Å². The van der Waals surface area contributed by atoms with E-state index < -0.39 is 0 Å². The second kappa shape index (κ2) is 5.70. The molecule has 120 valence electrons. The molecule has 0 radical (unpaired) electrons. The Morgan fingerprint density at radius 1 is 1.22 bits per heavy atom. The molecule has 23 heavy (non-hydrogen) atoms. The van der Waals surface area contributed by atoms with Crippen LogP contribution < -0.4 is 10.6 Å². The summed E-state index contributed by atoms with van der Waals surface area (Å²) in [6, 6.07) is 8.95. The molecule has 0 saturated carbocycles. The van der Waals surface area contributed by atoms with Crippen LogP contribution in [0.15, 0.2) is 41.6 Å². The van der Waals surface area contributed by atoms with Crippen molar-refractivity contribution in [2.45, 2.75) is 25.0 Å². The van der Waals surface area contributed by atoms with Crippen LogP contribution >= 0.6 is 0 Å². The quantitative estimate of drug-likeness (QED) is 0.884. The van der Waals surface area contributed by atoms with Gasteiger partial charge in [0.25, 0.3) is 5.91 Å². The molecule has 4 rings (SSSR count). The number of ether oxygens (including phenoxy) is 1. The third-order valence-electron chi connectivity index (χ3n) is 4.60. The summed E-state index contributed by atoms with van der Waals surface area (Å²) in [7, 11) is 0. The highest BCUT2D eigenvalue weighted by Gasteiger charge is 2.41. The molecule has 0 unspecified atom stereocenters. The first-order chi connectivity index (χ1) is 11.2. The van der Waals surface area contributed by atoms with Gasteiger partial charge in [0.1, 0.15) is 0 Å². The Kier molecular flexibility index (Phi) is 3.53. The zero-order chi connectivity index (χ0) is 15.8. The number of hydrogen-bond donors (Lipinski definition) is 2. The van der Waals surface area contributed by atoms with Gasteiger partial charge in [0.05, 0.1) is 30.0 Å². The first kappa shape index (κ1) is 14.3.